The number of aromatic hydroxyl groups is 1. The molecule has 0 aliphatic carbocycles. The summed E-state index contributed by atoms with van der Waals surface area (Å²) in [5.41, 5.74) is 3.62. The fraction of sp³-hybridized carbons (Fsp3) is 0.211. The lowest BCUT2D eigenvalue weighted by Gasteiger charge is -2.05. The summed E-state index contributed by atoms with van der Waals surface area (Å²) in [6, 6.07) is 11.9. The highest BCUT2D eigenvalue weighted by atomic mass is 16.4. The van der Waals surface area contributed by atoms with Crippen LogP contribution in [0.1, 0.15) is 18.9 Å². The van der Waals surface area contributed by atoms with Crippen LogP contribution in [0.5, 0.6) is 5.75 Å². The minimum Gasteiger partial charge on any atom is -0.504 e. The summed E-state index contributed by atoms with van der Waals surface area (Å²) < 4.78 is 5.83. The molecule has 2 heterocycles. The number of hydrogen-bond donors (Lipinski definition) is 2. The second kappa shape index (κ2) is 6.57. The van der Waals surface area contributed by atoms with Gasteiger partial charge in [0.05, 0.1) is 5.56 Å². The van der Waals surface area contributed by atoms with Gasteiger partial charge in [0.1, 0.15) is 0 Å². The molecule has 0 saturated heterocycles. The molecule has 3 rings (SSSR count). The van der Waals surface area contributed by atoms with Crippen molar-refractivity contribution in [2.24, 2.45) is 0 Å². The van der Waals surface area contributed by atoms with Crippen LogP contribution in [0.15, 0.2) is 53.2 Å². The Hall–Kier alpha value is -2.75. The van der Waals surface area contributed by atoms with Gasteiger partial charge in [-0.2, -0.15) is 0 Å². The second-order valence-corrected chi connectivity index (χ2v) is 5.43. The van der Waals surface area contributed by atoms with Crippen LogP contribution in [0.2, 0.25) is 0 Å². The van der Waals surface area contributed by atoms with Crippen molar-refractivity contribution in [3.8, 4) is 28.2 Å². The predicted octanol–water partition coefficient (Wildman–Crippen LogP) is 4.71. The van der Waals surface area contributed by atoms with E-state index in [1.54, 1.807) is 19.4 Å². The highest BCUT2D eigenvalue weighted by molar-refractivity contribution is 5.87. The Bertz CT molecular complexity index is 794. The normalized spacial score (nSPS) is 10.7. The molecular formula is C19H20N2O2. The van der Waals surface area contributed by atoms with Crippen LogP contribution < -0.4 is 5.32 Å². The van der Waals surface area contributed by atoms with Crippen LogP contribution in [-0.4, -0.2) is 17.1 Å². The molecule has 4 nitrogen and oxygen atoms in total. The van der Waals surface area contributed by atoms with Crippen molar-refractivity contribution in [3.63, 3.8) is 0 Å². The van der Waals surface area contributed by atoms with E-state index in [1.165, 1.54) is 5.56 Å². The van der Waals surface area contributed by atoms with Gasteiger partial charge in [-0.3, -0.25) is 4.98 Å². The Labute approximate surface area is 135 Å². The number of nitrogens with one attached hydrogen (secondary N) is 1. The van der Waals surface area contributed by atoms with Gasteiger partial charge in [-0.05, 0) is 29.7 Å². The molecule has 0 saturated carbocycles. The van der Waals surface area contributed by atoms with E-state index in [9.17, 15) is 5.11 Å². The molecule has 0 unspecified atom stereocenters. The number of nitrogens with zero attached hydrogens (tertiary/aromatic N) is 1. The van der Waals surface area contributed by atoms with Gasteiger partial charge in [0, 0.05) is 25.0 Å². The number of aromatic nitrogens is 1. The molecule has 2 N–H and O–H groups in total. The molecule has 0 aliphatic heterocycles. The maximum absolute atomic E-state index is 10.7. The van der Waals surface area contributed by atoms with Crippen molar-refractivity contribution in [2.75, 3.05) is 12.4 Å². The van der Waals surface area contributed by atoms with Gasteiger partial charge >= 0.3 is 0 Å². The van der Waals surface area contributed by atoms with E-state index < -0.39 is 0 Å². The third-order valence-electron chi connectivity index (χ3n) is 3.79. The number of rotatable bonds is 5. The molecule has 2 aromatic heterocycles. The molecule has 0 fully saturated rings. The Kier molecular flexibility index (Phi) is 4.33. The fourth-order valence-corrected chi connectivity index (χ4v) is 2.73. The van der Waals surface area contributed by atoms with Crippen molar-refractivity contribution >= 4 is 5.88 Å². The summed E-state index contributed by atoms with van der Waals surface area (Å²) in [6.07, 6.45) is 5.46. The van der Waals surface area contributed by atoms with E-state index in [1.807, 2.05) is 24.3 Å². The zero-order chi connectivity index (χ0) is 16.2. The van der Waals surface area contributed by atoms with E-state index in [-0.39, 0.29) is 5.75 Å². The fourth-order valence-electron chi connectivity index (χ4n) is 2.73. The first-order chi connectivity index (χ1) is 11.2. The van der Waals surface area contributed by atoms with Crippen LogP contribution in [-0.2, 0) is 6.42 Å². The minimum atomic E-state index is 0.135. The van der Waals surface area contributed by atoms with Crippen LogP contribution in [0.25, 0.3) is 22.5 Å². The average molecular weight is 308 g/mol. The first kappa shape index (κ1) is 15.2. The molecule has 0 bridgehead atoms. The van der Waals surface area contributed by atoms with Gasteiger partial charge in [-0.15, -0.1) is 0 Å². The first-order valence-corrected chi connectivity index (χ1v) is 7.77. The molecule has 3 aromatic rings. The van der Waals surface area contributed by atoms with Crippen LogP contribution in [0.3, 0.4) is 0 Å². The molecule has 4 heteroatoms. The summed E-state index contributed by atoms with van der Waals surface area (Å²) in [5.74, 6) is 1.12. The molecule has 0 atom stereocenters. The summed E-state index contributed by atoms with van der Waals surface area (Å²) in [7, 11) is 1.78. The number of anilines is 1. The van der Waals surface area contributed by atoms with Crippen LogP contribution in [0.4, 0.5) is 5.88 Å². The van der Waals surface area contributed by atoms with Crippen molar-refractivity contribution < 1.29 is 9.52 Å². The molecule has 0 radical (unpaired) electrons. The Balaban J connectivity index is 2.12. The molecule has 23 heavy (non-hydrogen) atoms. The lowest BCUT2D eigenvalue weighted by atomic mass is 10.0. The zero-order valence-electron chi connectivity index (χ0n) is 13.3. The number of pyridine rings is 1. The van der Waals surface area contributed by atoms with Crippen molar-refractivity contribution in [2.45, 2.75) is 19.8 Å². The highest BCUT2D eigenvalue weighted by Gasteiger charge is 2.22. The van der Waals surface area contributed by atoms with Gasteiger partial charge in [0.2, 0.25) is 5.88 Å². The zero-order valence-corrected chi connectivity index (χ0v) is 13.3. The van der Waals surface area contributed by atoms with Crippen LogP contribution >= 0.6 is 0 Å². The topological polar surface area (TPSA) is 58.3 Å². The van der Waals surface area contributed by atoms with Gasteiger partial charge < -0.3 is 14.8 Å². The maximum atomic E-state index is 10.7. The smallest absolute Gasteiger partial charge is 0.205 e. The van der Waals surface area contributed by atoms with E-state index in [2.05, 4.69) is 29.4 Å². The number of benzene rings is 1. The largest absolute Gasteiger partial charge is 0.504 e. The molecule has 118 valence electrons. The molecule has 0 spiro atoms. The van der Waals surface area contributed by atoms with Gasteiger partial charge in [-0.25, -0.2) is 0 Å². The highest BCUT2D eigenvalue weighted by Crippen LogP contribution is 2.46. The number of aryl methyl sites for hydroxylation is 1. The predicted molar refractivity (Wildman–Crippen MR) is 92.6 cm³/mol. The SMILES string of the molecule is CCCc1cccc(-c2c(NC)oc(-c3cccnc3)c2O)c1. The van der Waals surface area contributed by atoms with Crippen molar-refractivity contribution in [1.82, 2.24) is 4.98 Å². The average Bonchev–Trinajstić information content (AvgIpc) is 2.93. The third kappa shape index (κ3) is 2.93. The number of hydrogen-bond acceptors (Lipinski definition) is 4. The summed E-state index contributed by atoms with van der Waals surface area (Å²) in [4.78, 5) is 4.09. The Morgan fingerprint density at radius 1 is 1.17 bits per heavy atom. The second-order valence-electron chi connectivity index (χ2n) is 5.43. The Morgan fingerprint density at radius 3 is 2.70 bits per heavy atom. The van der Waals surface area contributed by atoms with Crippen molar-refractivity contribution in [3.05, 3.63) is 54.4 Å². The quantitative estimate of drug-likeness (QED) is 0.716. The van der Waals surface area contributed by atoms with Gasteiger partial charge in [-0.1, -0.05) is 37.6 Å². The molecule has 0 aliphatic rings. The Morgan fingerprint density at radius 2 is 2.00 bits per heavy atom. The van der Waals surface area contributed by atoms with Crippen LogP contribution in [0, 0.1) is 0 Å². The summed E-state index contributed by atoms with van der Waals surface area (Å²) in [5, 5.41) is 13.7. The van der Waals surface area contributed by atoms with Gasteiger partial charge in [0.15, 0.2) is 11.5 Å². The third-order valence-corrected chi connectivity index (χ3v) is 3.79. The number of furan rings is 1. The summed E-state index contributed by atoms with van der Waals surface area (Å²) in [6.45, 7) is 2.15. The first-order valence-electron chi connectivity index (χ1n) is 7.77. The maximum Gasteiger partial charge on any atom is 0.205 e. The van der Waals surface area contributed by atoms with E-state index in [0.717, 1.165) is 24.0 Å². The summed E-state index contributed by atoms with van der Waals surface area (Å²) >= 11 is 0. The van der Waals surface area contributed by atoms with Gasteiger partial charge in [0.25, 0.3) is 0 Å². The molecule has 0 amide bonds. The minimum absolute atomic E-state index is 0.135. The van der Waals surface area contributed by atoms with E-state index in [4.69, 9.17) is 4.42 Å². The lowest BCUT2D eigenvalue weighted by molar-refractivity contribution is 0.466. The lowest BCUT2D eigenvalue weighted by Crippen LogP contribution is -1.89. The van der Waals surface area contributed by atoms with Crippen molar-refractivity contribution in [1.29, 1.82) is 0 Å². The standard InChI is InChI=1S/C19H20N2O2/c1-3-6-13-7-4-8-14(11-13)16-17(22)18(23-19(16)20-2)15-9-5-10-21-12-15/h4-5,7-12,20,22H,3,6H2,1-2H3. The monoisotopic (exact) mass is 308 g/mol. The van der Waals surface area contributed by atoms with E-state index >= 15 is 0 Å². The molecular weight excluding hydrogens is 288 g/mol. The van der Waals surface area contributed by atoms with E-state index in [0.29, 0.717) is 17.2 Å². The molecule has 1 aromatic carbocycles.